The lowest BCUT2D eigenvalue weighted by atomic mass is 10.0. The number of hydrogen-bond acceptors (Lipinski definition) is 8. The molecule has 2 aromatic carbocycles. The van der Waals surface area contributed by atoms with Gasteiger partial charge < -0.3 is 26.0 Å². The van der Waals surface area contributed by atoms with Gasteiger partial charge >= 0.3 is 0 Å². The van der Waals surface area contributed by atoms with Gasteiger partial charge in [0.1, 0.15) is 17.4 Å². The summed E-state index contributed by atoms with van der Waals surface area (Å²) in [5.74, 6) is 0.675. The average Bonchev–Trinajstić information content (AvgIpc) is 3.54. The smallest absolute Gasteiger partial charge is 0.248 e. The van der Waals surface area contributed by atoms with Crippen LogP contribution in [0, 0.1) is 5.82 Å². The van der Waals surface area contributed by atoms with E-state index in [0.29, 0.717) is 41.9 Å². The van der Waals surface area contributed by atoms with Gasteiger partial charge in [-0.2, -0.15) is 10.1 Å². The Bertz CT molecular complexity index is 1500. The minimum absolute atomic E-state index is 0.145. The van der Waals surface area contributed by atoms with E-state index >= 15 is 0 Å². The van der Waals surface area contributed by atoms with Crippen LogP contribution in [0.5, 0.6) is 5.75 Å². The highest BCUT2D eigenvalue weighted by atomic mass is 19.1. The molecule has 38 heavy (non-hydrogen) atoms. The number of nitrogens with one attached hydrogen (secondary N) is 4. The minimum atomic E-state index is -0.502. The Hall–Kier alpha value is -4.77. The summed E-state index contributed by atoms with van der Waals surface area (Å²) in [6, 6.07) is 10.2. The number of benzene rings is 2. The highest BCUT2D eigenvalue weighted by molar-refractivity contribution is 5.99. The monoisotopic (exact) mass is 514 g/mol. The molecular formula is C27H27FN8O2. The quantitative estimate of drug-likeness (QED) is 0.246. The largest absolute Gasteiger partial charge is 0.493 e. The van der Waals surface area contributed by atoms with Crippen molar-refractivity contribution in [2.45, 2.75) is 6.42 Å². The predicted octanol–water partition coefficient (Wildman–Crippen LogP) is 4.15. The van der Waals surface area contributed by atoms with E-state index in [1.54, 1.807) is 36.4 Å². The number of carbonyl (C=O) groups excluding carboxylic acids is 1. The highest BCUT2D eigenvalue weighted by Gasteiger charge is 2.17. The number of aryl methyl sites for hydroxylation is 1. The maximum atomic E-state index is 14.9. The Labute approximate surface area is 219 Å². The lowest BCUT2D eigenvalue weighted by molar-refractivity contribution is -0.111. The average molecular weight is 515 g/mol. The molecule has 0 aliphatic carbocycles. The molecule has 0 spiro atoms. The van der Waals surface area contributed by atoms with E-state index in [0.717, 1.165) is 23.3 Å². The minimum Gasteiger partial charge on any atom is -0.493 e. The third-order valence-corrected chi connectivity index (χ3v) is 5.84. The zero-order chi connectivity index (χ0) is 26.5. The first-order chi connectivity index (χ1) is 18.5. The van der Waals surface area contributed by atoms with Crippen LogP contribution >= 0.6 is 0 Å². The molecule has 5 rings (SSSR count). The maximum absolute atomic E-state index is 14.9. The number of amides is 1. The number of halogens is 1. The van der Waals surface area contributed by atoms with Crippen LogP contribution in [0.3, 0.4) is 0 Å². The van der Waals surface area contributed by atoms with Gasteiger partial charge in [-0.15, -0.1) is 0 Å². The molecule has 4 N–H and O–H groups in total. The molecule has 0 saturated carbocycles. The van der Waals surface area contributed by atoms with Gasteiger partial charge in [-0.1, -0.05) is 18.2 Å². The molecular weight excluding hydrogens is 487 g/mol. The maximum Gasteiger partial charge on any atom is 0.248 e. The number of likely N-dealkylation sites (N-methyl/N-ethyl adjacent to an activating group) is 1. The molecule has 0 radical (unpaired) electrons. The summed E-state index contributed by atoms with van der Waals surface area (Å²) in [6.07, 6.45) is 9.09. The van der Waals surface area contributed by atoms with Gasteiger partial charge in [-0.25, -0.2) is 9.37 Å². The number of aromatic nitrogens is 4. The normalized spacial score (nSPS) is 12.3. The first-order valence-electron chi connectivity index (χ1n) is 12.1. The lowest BCUT2D eigenvalue weighted by Gasteiger charge is -2.15. The zero-order valence-corrected chi connectivity index (χ0v) is 21.0. The summed E-state index contributed by atoms with van der Waals surface area (Å²) in [4.78, 5) is 21.3. The molecule has 3 heterocycles. The first kappa shape index (κ1) is 24.9. The summed E-state index contributed by atoms with van der Waals surface area (Å²) < 4.78 is 22.3. The first-order valence-corrected chi connectivity index (χ1v) is 12.1. The fraction of sp³-hybridized carbons (Fsp3) is 0.185. The van der Waals surface area contributed by atoms with E-state index in [9.17, 15) is 9.18 Å². The Morgan fingerprint density at radius 1 is 1.16 bits per heavy atom. The standard InChI is InChI=1S/C27H27FN8O2/c1-29-10-3-4-25(37)32-19-7-8-22(28)23(13-19)34-26-21(18-6-5-17-9-11-38-24(17)12-18)15-30-27(35-26)33-20-14-31-36(2)16-20/h3-8,12-16,29H,9-11H2,1-2H3,(H,32,37)(H2,30,33,34,35)/b4-3+. The molecule has 11 heteroatoms. The van der Waals surface area contributed by atoms with Gasteiger partial charge in [0.05, 0.1) is 24.2 Å². The van der Waals surface area contributed by atoms with Gasteiger partial charge in [-0.3, -0.25) is 9.48 Å². The number of fused-ring (bicyclic) bond motifs is 1. The lowest BCUT2D eigenvalue weighted by Crippen LogP contribution is -2.11. The van der Waals surface area contributed by atoms with Crippen LogP contribution in [0.15, 0.2) is 67.1 Å². The van der Waals surface area contributed by atoms with Crippen molar-refractivity contribution in [1.82, 2.24) is 25.1 Å². The van der Waals surface area contributed by atoms with Crippen LogP contribution in [0.25, 0.3) is 11.1 Å². The van der Waals surface area contributed by atoms with E-state index in [2.05, 4.69) is 36.3 Å². The van der Waals surface area contributed by atoms with Crippen molar-refractivity contribution >= 4 is 34.7 Å². The van der Waals surface area contributed by atoms with Crippen molar-refractivity contribution < 1.29 is 13.9 Å². The van der Waals surface area contributed by atoms with Crippen molar-refractivity contribution in [3.8, 4) is 16.9 Å². The molecule has 194 valence electrons. The second kappa shape index (κ2) is 11.1. The van der Waals surface area contributed by atoms with Crippen LogP contribution in [0.4, 0.5) is 33.2 Å². The number of nitrogens with zero attached hydrogens (tertiary/aromatic N) is 4. The van der Waals surface area contributed by atoms with Crippen LogP contribution in [-0.2, 0) is 18.3 Å². The van der Waals surface area contributed by atoms with Gasteiger partial charge in [0.2, 0.25) is 11.9 Å². The third kappa shape index (κ3) is 5.79. The summed E-state index contributed by atoms with van der Waals surface area (Å²) in [5, 5.41) is 16.0. The van der Waals surface area contributed by atoms with E-state index < -0.39 is 5.82 Å². The molecule has 1 amide bonds. The summed E-state index contributed by atoms with van der Waals surface area (Å²) in [7, 11) is 3.60. The zero-order valence-electron chi connectivity index (χ0n) is 21.0. The fourth-order valence-electron chi connectivity index (χ4n) is 3.99. The molecule has 0 bridgehead atoms. The van der Waals surface area contributed by atoms with Crippen molar-refractivity contribution in [3.63, 3.8) is 0 Å². The van der Waals surface area contributed by atoms with Crippen LogP contribution in [0.1, 0.15) is 5.56 Å². The number of anilines is 5. The van der Waals surface area contributed by atoms with Crippen LogP contribution in [0.2, 0.25) is 0 Å². The molecule has 4 aromatic rings. The molecule has 0 saturated heterocycles. The van der Waals surface area contributed by atoms with Crippen molar-refractivity contribution in [2.24, 2.45) is 7.05 Å². The Morgan fingerprint density at radius 3 is 2.87 bits per heavy atom. The summed E-state index contributed by atoms with van der Waals surface area (Å²) in [5.41, 5.74) is 3.90. The van der Waals surface area contributed by atoms with Gasteiger partial charge in [-0.05, 0) is 42.4 Å². The topological polar surface area (TPSA) is 118 Å². The van der Waals surface area contributed by atoms with Gasteiger partial charge in [0, 0.05) is 49.7 Å². The molecule has 2 aromatic heterocycles. The second-order valence-electron chi connectivity index (χ2n) is 8.67. The van der Waals surface area contributed by atoms with Crippen LogP contribution in [-0.4, -0.2) is 45.9 Å². The molecule has 0 fully saturated rings. The highest BCUT2D eigenvalue weighted by Crippen LogP contribution is 2.35. The Morgan fingerprint density at radius 2 is 2.05 bits per heavy atom. The van der Waals surface area contributed by atoms with Crippen molar-refractivity contribution in [1.29, 1.82) is 0 Å². The fourth-order valence-corrected chi connectivity index (χ4v) is 3.99. The molecule has 1 aliphatic heterocycles. The number of ether oxygens (including phenoxy) is 1. The number of rotatable bonds is 9. The predicted molar refractivity (Wildman–Crippen MR) is 145 cm³/mol. The van der Waals surface area contributed by atoms with E-state index in [1.807, 2.05) is 25.2 Å². The molecule has 0 atom stereocenters. The van der Waals surface area contributed by atoms with E-state index in [-0.39, 0.29) is 11.6 Å². The Balaban J connectivity index is 1.47. The Kier molecular flexibility index (Phi) is 7.27. The summed E-state index contributed by atoms with van der Waals surface area (Å²) in [6.45, 7) is 1.20. The molecule has 0 unspecified atom stereocenters. The van der Waals surface area contributed by atoms with Crippen molar-refractivity contribution in [2.75, 3.05) is 36.1 Å². The van der Waals surface area contributed by atoms with E-state index in [4.69, 9.17) is 4.74 Å². The van der Waals surface area contributed by atoms with Crippen LogP contribution < -0.4 is 26.0 Å². The third-order valence-electron chi connectivity index (χ3n) is 5.84. The van der Waals surface area contributed by atoms with Crippen molar-refractivity contribution in [3.05, 3.63) is 78.5 Å². The van der Waals surface area contributed by atoms with Gasteiger partial charge in [0.25, 0.3) is 0 Å². The van der Waals surface area contributed by atoms with Gasteiger partial charge in [0.15, 0.2) is 0 Å². The SMILES string of the molecule is CNC/C=C/C(=O)Nc1ccc(F)c(Nc2nc(Nc3cnn(C)c3)ncc2-c2ccc3c(c2)OCC3)c1. The van der Waals surface area contributed by atoms with E-state index in [1.165, 1.54) is 24.3 Å². The summed E-state index contributed by atoms with van der Waals surface area (Å²) >= 11 is 0. The molecule has 10 nitrogen and oxygen atoms in total. The molecule has 1 aliphatic rings. The number of hydrogen-bond donors (Lipinski definition) is 4. The number of carbonyl (C=O) groups is 1. The second-order valence-corrected chi connectivity index (χ2v) is 8.67.